The Morgan fingerprint density at radius 1 is 1.37 bits per heavy atom. The van der Waals surface area contributed by atoms with Crippen LogP contribution < -0.4 is 5.32 Å². The number of hydrogen-bond acceptors (Lipinski definition) is 4. The van der Waals surface area contributed by atoms with Crippen molar-refractivity contribution in [1.82, 2.24) is 5.32 Å². The number of aliphatic hydroxyl groups is 1. The van der Waals surface area contributed by atoms with Gasteiger partial charge in [-0.05, 0) is 24.6 Å². The normalized spacial score (nSPS) is 14.3. The Labute approximate surface area is 113 Å². The summed E-state index contributed by atoms with van der Waals surface area (Å²) >= 11 is 0. The zero-order chi connectivity index (χ0) is 14.1. The van der Waals surface area contributed by atoms with Crippen LogP contribution in [-0.2, 0) is 9.47 Å². The monoisotopic (exact) mass is 271 g/mol. The van der Waals surface area contributed by atoms with E-state index in [4.69, 9.17) is 9.47 Å². The van der Waals surface area contributed by atoms with Gasteiger partial charge in [0.05, 0.1) is 25.9 Å². The van der Waals surface area contributed by atoms with Crippen molar-refractivity contribution in [3.8, 4) is 0 Å². The van der Waals surface area contributed by atoms with E-state index in [0.717, 1.165) is 5.56 Å². The van der Waals surface area contributed by atoms with Gasteiger partial charge in [-0.15, -0.1) is 0 Å². The van der Waals surface area contributed by atoms with Crippen LogP contribution in [0.3, 0.4) is 0 Å². The van der Waals surface area contributed by atoms with Gasteiger partial charge >= 0.3 is 0 Å². The molecule has 0 aromatic heterocycles. The van der Waals surface area contributed by atoms with Crippen molar-refractivity contribution >= 4 is 0 Å². The third kappa shape index (κ3) is 6.63. The van der Waals surface area contributed by atoms with Crippen molar-refractivity contribution in [2.45, 2.75) is 19.1 Å². The Hall–Kier alpha value is -1.01. The molecule has 2 N–H and O–H groups in total. The first-order chi connectivity index (χ1) is 9.13. The Morgan fingerprint density at radius 3 is 2.84 bits per heavy atom. The smallest absolute Gasteiger partial charge is 0.123 e. The molecule has 0 heterocycles. The fraction of sp³-hybridized carbons (Fsp3) is 0.571. The highest BCUT2D eigenvalue weighted by molar-refractivity contribution is 5.19. The molecule has 19 heavy (non-hydrogen) atoms. The fourth-order valence-electron chi connectivity index (χ4n) is 1.63. The quantitative estimate of drug-likeness (QED) is 0.668. The van der Waals surface area contributed by atoms with Crippen LogP contribution in [0.4, 0.5) is 4.39 Å². The van der Waals surface area contributed by atoms with E-state index in [0.29, 0.717) is 19.8 Å². The lowest BCUT2D eigenvalue weighted by atomic mass is 10.1. The highest BCUT2D eigenvalue weighted by Gasteiger charge is 2.09. The number of benzene rings is 1. The van der Waals surface area contributed by atoms with Crippen molar-refractivity contribution in [2.24, 2.45) is 0 Å². The van der Waals surface area contributed by atoms with Crippen LogP contribution in [0.1, 0.15) is 18.5 Å². The van der Waals surface area contributed by atoms with Crippen molar-refractivity contribution < 1.29 is 19.0 Å². The summed E-state index contributed by atoms with van der Waals surface area (Å²) in [5.41, 5.74) is 0.854. The summed E-state index contributed by atoms with van der Waals surface area (Å²) in [5.74, 6) is -0.255. The number of ether oxygens (including phenoxy) is 2. The maximum absolute atomic E-state index is 13.1. The van der Waals surface area contributed by atoms with Gasteiger partial charge in [-0.1, -0.05) is 12.1 Å². The second kappa shape index (κ2) is 8.98. The Balaban J connectivity index is 2.24. The molecule has 0 radical (unpaired) electrons. The van der Waals surface area contributed by atoms with E-state index >= 15 is 0 Å². The van der Waals surface area contributed by atoms with Crippen LogP contribution in [0, 0.1) is 5.82 Å². The summed E-state index contributed by atoms with van der Waals surface area (Å²) in [6.07, 6.45) is -0.590. The van der Waals surface area contributed by atoms with Crippen molar-refractivity contribution in [3.05, 3.63) is 35.6 Å². The summed E-state index contributed by atoms with van der Waals surface area (Å²) in [5, 5.41) is 12.8. The first-order valence-electron chi connectivity index (χ1n) is 6.37. The van der Waals surface area contributed by atoms with E-state index in [1.54, 1.807) is 13.2 Å². The molecule has 4 nitrogen and oxygen atoms in total. The van der Waals surface area contributed by atoms with Gasteiger partial charge in [0.1, 0.15) is 5.82 Å². The molecule has 0 fully saturated rings. The fourth-order valence-corrected chi connectivity index (χ4v) is 1.63. The predicted octanol–water partition coefficient (Wildman–Crippen LogP) is 1.50. The molecule has 0 bridgehead atoms. The molecule has 0 aliphatic heterocycles. The van der Waals surface area contributed by atoms with Crippen molar-refractivity contribution in [3.63, 3.8) is 0 Å². The van der Waals surface area contributed by atoms with Gasteiger partial charge in [0.15, 0.2) is 0 Å². The molecule has 0 saturated carbocycles. The highest BCUT2D eigenvalue weighted by Crippen LogP contribution is 2.13. The topological polar surface area (TPSA) is 50.7 Å². The molecule has 0 spiro atoms. The molecule has 0 aliphatic carbocycles. The number of rotatable bonds is 9. The molecule has 0 amide bonds. The third-order valence-electron chi connectivity index (χ3n) is 2.75. The van der Waals surface area contributed by atoms with E-state index in [1.807, 2.05) is 13.0 Å². The summed E-state index contributed by atoms with van der Waals surface area (Å²) in [6, 6.07) is 6.40. The maximum atomic E-state index is 13.1. The largest absolute Gasteiger partial charge is 0.389 e. The molecule has 1 aromatic rings. The molecular formula is C14H22FNO3. The standard InChI is InChI=1S/C14H22FNO3/c1-11(12-4-3-5-13(15)8-12)16-9-14(17)10-19-7-6-18-2/h3-5,8,11,14,16-17H,6-7,9-10H2,1-2H3/t11-,14?/m0/s1. The Morgan fingerprint density at radius 2 is 2.16 bits per heavy atom. The van der Waals surface area contributed by atoms with Gasteiger partial charge in [0, 0.05) is 19.7 Å². The van der Waals surface area contributed by atoms with Crippen LogP contribution in [0.5, 0.6) is 0 Å². The molecule has 5 heteroatoms. The third-order valence-corrected chi connectivity index (χ3v) is 2.75. The zero-order valence-corrected chi connectivity index (χ0v) is 11.4. The van der Waals surface area contributed by atoms with Crippen LogP contribution >= 0.6 is 0 Å². The average molecular weight is 271 g/mol. The van der Waals surface area contributed by atoms with Crippen molar-refractivity contribution in [1.29, 1.82) is 0 Å². The number of halogens is 1. The van der Waals surface area contributed by atoms with Gasteiger partial charge < -0.3 is 19.9 Å². The minimum Gasteiger partial charge on any atom is -0.389 e. The molecule has 1 rings (SSSR count). The van der Waals surface area contributed by atoms with Crippen LogP contribution in [-0.4, -0.2) is 44.7 Å². The van der Waals surface area contributed by atoms with Gasteiger partial charge in [0.25, 0.3) is 0 Å². The van der Waals surface area contributed by atoms with E-state index in [-0.39, 0.29) is 18.5 Å². The SMILES string of the molecule is COCCOCC(O)CN[C@@H](C)c1cccc(F)c1. The number of nitrogens with one attached hydrogen (secondary N) is 1. The van der Waals surface area contributed by atoms with Gasteiger partial charge in [0.2, 0.25) is 0 Å². The van der Waals surface area contributed by atoms with Crippen LogP contribution in [0.2, 0.25) is 0 Å². The first-order valence-corrected chi connectivity index (χ1v) is 6.37. The van der Waals surface area contributed by atoms with Crippen LogP contribution in [0.15, 0.2) is 24.3 Å². The van der Waals surface area contributed by atoms with Crippen LogP contribution in [0.25, 0.3) is 0 Å². The van der Waals surface area contributed by atoms with Gasteiger partial charge in [-0.2, -0.15) is 0 Å². The van der Waals surface area contributed by atoms with E-state index in [2.05, 4.69) is 5.32 Å². The minimum atomic E-state index is -0.590. The molecular weight excluding hydrogens is 249 g/mol. The minimum absolute atomic E-state index is 0.0238. The van der Waals surface area contributed by atoms with Gasteiger partial charge in [-0.25, -0.2) is 4.39 Å². The van der Waals surface area contributed by atoms with Crippen molar-refractivity contribution in [2.75, 3.05) is 33.5 Å². The molecule has 0 saturated heterocycles. The van der Waals surface area contributed by atoms with E-state index in [1.165, 1.54) is 12.1 Å². The summed E-state index contributed by atoms with van der Waals surface area (Å²) in [6.45, 7) is 3.55. The second-order valence-electron chi connectivity index (χ2n) is 4.41. The molecule has 1 aromatic carbocycles. The number of methoxy groups -OCH3 is 1. The van der Waals surface area contributed by atoms with E-state index in [9.17, 15) is 9.50 Å². The highest BCUT2D eigenvalue weighted by atomic mass is 19.1. The molecule has 0 aliphatic rings. The molecule has 108 valence electrons. The number of hydrogen-bond donors (Lipinski definition) is 2. The summed E-state index contributed by atoms with van der Waals surface area (Å²) in [7, 11) is 1.60. The van der Waals surface area contributed by atoms with E-state index < -0.39 is 6.10 Å². The first kappa shape index (κ1) is 16.0. The predicted molar refractivity (Wildman–Crippen MR) is 71.5 cm³/mol. The Kier molecular flexibility index (Phi) is 7.59. The number of aliphatic hydroxyl groups excluding tert-OH is 1. The lowest BCUT2D eigenvalue weighted by Gasteiger charge is -2.17. The maximum Gasteiger partial charge on any atom is 0.123 e. The zero-order valence-electron chi connectivity index (χ0n) is 11.4. The Bertz CT molecular complexity index is 362. The molecule has 1 unspecified atom stereocenters. The summed E-state index contributed by atoms with van der Waals surface area (Å²) < 4.78 is 23.1. The lowest BCUT2D eigenvalue weighted by molar-refractivity contribution is 0.0130. The lowest BCUT2D eigenvalue weighted by Crippen LogP contribution is -2.32. The molecule has 2 atom stereocenters. The average Bonchev–Trinajstić information content (AvgIpc) is 2.41. The summed E-state index contributed by atoms with van der Waals surface area (Å²) in [4.78, 5) is 0. The van der Waals surface area contributed by atoms with Gasteiger partial charge in [-0.3, -0.25) is 0 Å². The second-order valence-corrected chi connectivity index (χ2v) is 4.41.